The summed E-state index contributed by atoms with van der Waals surface area (Å²) in [7, 11) is 3.33. The van der Waals surface area contributed by atoms with Crippen LogP contribution in [0.4, 0.5) is 5.69 Å². The number of nitrogens with zero attached hydrogens (tertiary/aromatic N) is 2. The van der Waals surface area contributed by atoms with Crippen LogP contribution >= 0.6 is 0 Å². The summed E-state index contributed by atoms with van der Waals surface area (Å²) in [5, 5.41) is 7.44. The van der Waals surface area contributed by atoms with Gasteiger partial charge in [-0.2, -0.15) is 5.10 Å². The highest BCUT2D eigenvalue weighted by atomic mass is 16.5. The first-order valence-electron chi connectivity index (χ1n) is 6.65. The van der Waals surface area contributed by atoms with Crippen LogP contribution in [-0.4, -0.2) is 29.2 Å². The second-order valence-corrected chi connectivity index (χ2v) is 4.90. The van der Waals surface area contributed by atoms with Crippen molar-refractivity contribution in [3.8, 4) is 5.75 Å². The van der Waals surface area contributed by atoms with Crippen molar-refractivity contribution in [1.29, 1.82) is 0 Å². The summed E-state index contributed by atoms with van der Waals surface area (Å²) in [6.07, 6.45) is 2.37. The van der Waals surface area contributed by atoms with Crippen molar-refractivity contribution >= 4 is 11.5 Å². The third kappa shape index (κ3) is 1.95. The molecule has 5 heteroatoms. The lowest BCUT2D eigenvalue weighted by Gasteiger charge is -2.25. The van der Waals surface area contributed by atoms with Gasteiger partial charge in [-0.3, -0.25) is 9.48 Å². The second kappa shape index (κ2) is 5.00. The molecule has 5 nitrogen and oxygen atoms in total. The van der Waals surface area contributed by atoms with Crippen LogP contribution in [0.5, 0.6) is 5.75 Å². The van der Waals surface area contributed by atoms with Crippen LogP contribution in [0.25, 0.3) is 0 Å². The third-order valence-corrected chi connectivity index (χ3v) is 3.76. The molecule has 0 spiro atoms. The van der Waals surface area contributed by atoms with Gasteiger partial charge in [0.2, 0.25) is 0 Å². The molecule has 1 unspecified atom stereocenters. The predicted octanol–water partition coefficient (Wildman–Crippen LogP) is 2.21. The van der Waals surface area contributed by atoms with E-state index in [9.17, 15) is 4.79 Å². The zero-order chi connectivity index (χ0) is 14.1. The minimum absolute atomic E-state index is 0.0656. The zero-order valence-corrected chi connectivity index (χ0v) is 11.6. The molecule has 1 aliphatic heterocycles. The minimum Gasteiger partial charge on any atom is -0.493 e. The normalized spacial score (nSPS) is 17.2. The second-order valence-electron chi connectivity index (χ2n) is 4.90. The first kappa shape index (κ1) is 12.7. The molecule has 1 aromatic heterocycles. The van der Waals surface area contributed by atoms with Crippen LogP contribution in [0.1, 0.15) is 28.4 Å². The van der Waals surface area contributed by atoms with Crippen LogP contribution in [0.3, 0.4) is 0 Å². The van der Waals surface area contributed by atoms with Crippen LogP contribution in [-0.2, 0) is 7.05 Å². The lowest BCUT2D eigenvalue weighted by molar-refractivity contribution is 0.0943. The number of aromatic nitrogens is 2. The van der Waals surface area contributed by atoms with Crippen molar-refractivity contribution in [2.45, 2.75) is 12.3 Å². The van der Waals surface area contributed by atoms with Gasteiger partial charge in [-0.15, -0.1) is 0 Å². The number of benzene rings is 1. The number of fused-ring (bicyclic) bond motifs is 1. The molecular formula is C15H17N3O2. The fourth-order valence-corrected chi connectivity index (χ4v) is 2.75. The summed E-state index contributed by atoms with van der Waals surface area (Å²) >= 11 is 0. The smallest absolute Gasteiger partial charge is 0.192 e. The Labute approximate surface area is 117 Å². The summed E-state index contributed by atoms with van der Waals surface area (Å²) in [6.45, 7) is 0.799. The summed E-state index contributed by atoms with van der Waals surface area (Å²) in [4.78, 5) is 12.9. The lowest BCUT2D eigenvalue weighted by Crippen LogP contribution is -2.24. The Bertz CT molecular complexity index is 648. The molecule has 0 amide bonds. The molecule has 0 saturated carbocycles. The molecule has 0 fully saturated rings. The van der Waals surface area contributed by atoms with Crippen LogP contribution in [0, 0.1) is 0 Å². The van der Waals surface area contributed by atoms with Gasteiger partial charge in [-0.25, -0.2) is 0 Å². The molecule has 1 N–H and O–H groups in total. The first-order chi connectivity index (χ1) is 9.72. The lowest BCUT2D eigenvalue weighted by atomic mass is 9.86. The summed E-state index contributed by atoms with van der Waals surface area (Å²) in [6, 6.07) is 7.96. The van der Waals surface area contributed by atoms with Gasteiger partial charge in [0, 0.05) is 19.3 Å². The molecule has 2 aromatic rings. The number of Topliss-reactive ketones (excluding diaryl/α,β-unsaturated/α-hetero) is 1. The van der Waals surface area contributed by atoms with Crippen molar-refractivity contribution < 1.29 is 9.53 Å². The Morgan fingerprint density at radius 1 is 1.45 bits per heavy atom. The predicted molar refractivity (Wildman–Crippen MR) is 76.4 cm³/mol. The molecule has 1 aliphatic rings. The van der Waals surface area contributed by atoms with Gasteiger partial charge in [0.1, 0.15) is 5.69 Å². The number of nitrogens with one attached hydrogen (secondary N) is 1. The van der Waals surface area contributed by atoms with Crippen LogP contribution in [0.15, 0.2) is 30.5 Å². The number of carbonyl (C=O) groups is 1. The summed E-state index contributed by atoms with van der Waals surface area (Å²) in [5.74, 6) is 0.459. The molecule has 1 aromatic carbocycles. The number of ketones is 1. The minimum atomic E-state index is -0.142. The third-order valence-electron chi connectivity index (χ3n) is 3.76. The van der Waals surface area contributed by atoms with E-state index in [-0.39, 0.29) is 11.7 Å². The van der Waals surface area contributed by atoms with Gasteiger partial charge in [0.05, 0.1) is 19.2 Å². The maximum Gasteiger partial charge on any atom is 0.192 e. The number of carbonyl (C=O) groups excluding carboxylic acids is 1. The molecule has 2 heterocycles. The number of rotatable bonds is 3. The topological polar surface area (TPSA) is 56.2 Å². The molecule has 1 atom stereocenters. The standard InChI is InChI=1S/C15H17N3O2/c1-18-14(13(20-2)9-17-18)15(19)11-7-8-16-12-6-4-3-5-10(11)12/h3-6,9,11,16H,7-8H2,1-2H3. The first-order valence-corrected chi connectivity index (χ1v) is 6.65. The highest BCUT2D eigenvalue weighted by Gasteiger charge is 2.30. The number of methoxy groups -OCH3 is 1. The van der Waals surface area contributed by atoms with E-state index in [0.717, 1.165) is 24.2 Å². The van der Waals surface area contributed by atoms with Gasteiger partial charge in [0.15, 0.2) is 11.5 Å². The van der Waals surface area contributed by atoms with E-state index in [0.29, 0.717) is 11.4 Å². The van der Waals surface area contributed by atoms with Crippen LogP contribution < -0.4 is 10.1 Å². The summed E-state index contributed by atoms with van der Waals surface area (Å²) in [5.41, 5.74) is 2.62. The Kier molecular flexibility index (Phi) is 3.18. The highest BCUT2D eigenvalue weighted by Crippen LogP contribution is 2.35. The quantitative estimate of drug-likeness (QED) is 0.870. The van der Waals surface area contributed by atoms with E-state index >= 15 is 0 Å². The molecule has 0 radical (unpaired) electrons. The number of anilines is 1. The van der Waals surface area contributed by atoms with Gasteiger partial charge in [-0.05, 0) is 18.1 Å². The number of hydrogen-bond acceptors (Lipinski definition) is 4. The molecule has 0 bridgehead atoms. The number of ether oxygens (including phenoxy) is 1. The fraction of sp³-hybridized carbons (Fsp3) is 0.333. The largest absolute Gasteiger partial charge is 0.493 e. The maximum atomic E-state index is 12.9. The number of hydrogen-bond donors (Lipinski definition) is 1. The Morgan fingerprint density at radius 3 is 3.05 bits per heavy atom. The van der Waals surface area contributed by atoms with E-state index in [1.54, 1.807) is 25.0 Å². The fourth-order valence-electron chi connectivity index (χ4n) is 2.75. The van der Waals surface area contributed by atoms with Crippen molar-refractivity contribution in [2.24, 2.45) is 7.05 Å². The van der Waals surface area contributed by atoms with Gasteiger partial charge >= 0.3 is 0 Å². The molecule has 104 valence electrons. The number of para-hydroxylation sites is 1. The average molecular weight is 271 g/mol. The molecule has 0 saturated heterocycles. The SMILES string of the molecule is COc1cnn(C)c1C(=O)C1CCNc2ccccc21. The summed E-state index contributed by atoms with van der Waals surface area (Å²) < 4.78 is 6.84. The van der Waals surface area contributed by atoms with E-state index in [4.69, 9.17) is 4.74 Å². The van der Waals surface area contributed by atoms with Crippen molar-refractivity contribution in [3.63, 3.8) is 0 Å². The number of aryl methyl sites for hydroxylation is 1. The molecule has 20 heavy (non-hydrogen) atoms. The Morgan fingerprint density at radius 2 is 2.25 bits per heavy atom. The van der Waals surface area contributed by atoms with E-state index < -0.39 is 0 Å². The van der Waals surface area contributed by atoms with Gasteiger partial charge < -0.3 is 10.1 Å². The van der Waals surface area contributed by atoms with Crippen LogP contribution in [0.2, 0.25) is 0 Å². The molecular weight excluding hydrogens is 254 g/mol. The maximum absolute atomic E-state index is 12.9. The van der Waals surface area contributed by atoms with Crippen molar-refractivity contribution in [3.05, 3.63) is 41.7 Å². The monoisotopic (exact) mass is 271 g/mol. The van der Waals surface area contributed by atoms with E-state index in [1.165, 1.54) is 0 Å². The van der Waals surface area contributed by atoms with Crippen molar-refractivity contribution in [1.82, 2.24) is 9.78 Å². The average Bonchev–Trinajstić information content (AvgIpc) is 2.87. The Balaban J connectivity index is 2.02. The Hall–Kier alpha value is -2.30. The van der Waals surface area contributed by atoms with E-state index in [2.05, 4.69) is 10.4 Å². The van der Waals surface area contributed by atoms with Gasteiger partial charge in [-0.1, -0.05) is 18.2 Å². The van der Waals surface area contributed by atoms with Crippen molar-refractivity contribution in [2.75, 3.05) is 19.0 Å². The highest BCUT2D eigenvalue weighted by molar-refractivity contribution is 6.02. The van der Waals surface area contributed by atoms with E-state index in [1.807, 2.05) is 24.3 Å². The molecule has 0 aliphatic carbocycles. The van der Waals surface area contributed by atoms with Gasteiger partial charge in [0.25, 0.3) is 0 Å². The molecule has 3 rings (SSSR count). The zero-order valence-electron chi connectivity index (χ0n) is 11.6.